The van der Waals surface area contributed by atoms with E-state index in [1.54, 1.807) is 0 Å². The molecule has 0 aliphatic heterocycles. The largest absolute Gasteiger partial charge is 0.342 e. The summed E-state index contributed by atoms with van der Waals surface area (Å²) in [4.78, 5) is 11.2. The summed E-state index contributed by atoms with van der Waals surface area (Å²) in [5.41, 5.74) is 7.81. The van der Waals surface area contributed by atoms with Gasteiger partial charge in [0.25, 0.3) is 0 Å². The summed E-state index contributed by atoms with van der Waals surface area (Å²) >= 11 is 0. The number of nitrogens with one attached hydrogen (secondary N) is 1. The van der Waals surface area contributed by atoms with E-state index >= 15 is 0 Å². The molecule has 0 fully saturated rings. The number of fused-ring (bicyclic) bond motifs is 1. The van der Waals surface area contributed by atoms with Crippen molar-refractivity contribution in [3.8, 4) is 0 Å². The molecule has 1 aromatic heterocycles. The highest BCUT2D eigenvalue weighted by molar-refractivity contribution is 5.78. The summed E-state index contributed by atoms with van der Waals surface area (Å²) in [5, 5.41) is 0. The van der Waals surface area contributed by atoms with Gasteiger partial charge in [0, 0.05) is 26.1 Å². The molecule has 3 nitrogen and oxygen atoms in total. The Hall–Kier alpha value is -3.17. The van der Waals surface area contributed by atoms with Crippen LogP contribution in [0.15, 0.2) is 90.5 Å². The molecule has 0 saturated heterocycles. The zero-order chi connectivity index (χ0) is 25.8. The predicted molar refractivity (Wildman–Crippen MR) is 155 cm³/mol. The van der Waals surface area contributed by atoms with Crippen LogP contribution in [0, 0.1) is 30.6 Å². The van der Waals surface area contributed by atoms with Crippen LogP contribution in [0.25, 0.3) is 11.0 Å². The van der Waals surface area contributed by atoms with Crippen LogP contribution in [0.3, 0.4) is 0 Å². The monoisotopic (exact) mass is 491 g/mol. The highest BCUT2D eigenvalue weighted by atomic mass is 15.1. The van der Waals surface area contributed by atoms with E-state index in [0.29, 0.717) is 23.7 Å². The van der Waals surface area contributed by atoms with Crippen molar-refractivity contribution in [2.75, 3.05) is 6.54 Å². The number of aromatic amines is 1. The van der Waals surface area contributed by atoms with E-state index in [-0.39, 0.29) is 0 Å². The van der Waals surface area contributed by atoms with Crippen molar-refractivity contribution in [3.05, 3.63) is 113 Å². The van der Waals surface area contributed by atoms with Gasteiger partial charge in [-0.25, -0.2) is 4.98 Å². The van der Waals surface area contributed by atoms with Crippen molar-refractivity contribution in [2.45, 2.75) is 53.6 Å². The number of hydrogen-bond acceptors (Lipinski definition) is 2. The zero-order valence-electron chi connectivity index (χ0n) is 22.8. The SMILES string of the molecule is CC1=C[C@@H](CN(Cc2ccccc2)Cc2ccccc2)[C@H](C(C)C)C[C@H]1Cc1nc2c(C)cccc2[nH]1. The number of benzene rings is 3. The zero-order valence-corrected chi connectivity index (χ0v) is 22.8. The highest BCUT2D eigenvalue weighted by Crippen LogP contribution is 2.39. The average molecular weight is 492 g/mol. The second-order valence-corrected chi connectivity index (χ2v) is 11.4. The maximum absolute atomic E-state index is 4.98. The van der Waals surface area contributed by atoms with Gasteiger partial charge in [-0.15, -0.1) is 0 Å². The summed E-state index contributed by atoms with van der Waals surface area (Å²) < 4.78 is 0. The molecule has 3 heteroatoms. The number of allylic oxidation sites excluding steroid dienone is 1. The summed E-state index contributed by atoms with van der Waals surface area (Å²) in [6, 6.07) is 28.3. The molecule has 0 amide bonds. The topological polar surface area (TPSA) is 31.9 Å². The van der Waals surface area contributed by atoms with Crippen LogP contribution in [0.1, 0.15) is 49.7 Å². The van der Waals surface area contributed by atoms with Gasteiger partial charge < -0.3 is 4.98 Å². The first kappa shape index (κ1) is 25.5. The van der Waals surface area contributed by atoms with Crippen LogP contribution in [0.2, 0.25) is 0 Å². The summed E-state index contributed by atoms with van der Waals surface area (Å²) in [7, 11) is 0. The van der Waals surface area contributed by atoms with Gasteiger partial charge in [-0.05, 0) is 66.7 Å². The molecule has 192 valence electrons. The first-order valence-corrected chi connectivity index (χ1v) is 13.9. The summed E-state index contributed by atoms with van der Waals surface area (Å²) in [6.07, 6.45) is 4.82. The molecule has 0 saturated carbocycles. The van der Waals surface area contributed by atoms with Crippen molar-refractivity contribution in [3.63, 3.8) is 0 Å². The summed E-state index contributed by atoms with van der Waals surface area (Å²) in [6.45, 7) is 12.4. The Kier molecular flexibility index (Phi) is 7.90. The van der Waals surface area contributed by atoms with Crippen LogP contribution in [-0.4, -0.2) is 21.4 Å². The predicted octanol–water partition coefficient (Wildman–Crippen LogP) is 7.97. The van der Waals surface area contributed by atoms with Crippen molar-refractivity contribution in [2.24, 2.45) is 23.7 Å². The standard InChI is InChI=1S/C34H41N3/c1-24(2)31-19-29(20-33-35-32-17-11-12-25(3)34(32)36-33)26(4)18-30(31)23-37(21-27-13-7-5-8-14-27)22-28-15-9-6-10-16-28/h5-18,24,29-31H,19-23H2,1-4H3,(H,35,36)/t29-,30-,31-/m0/s1. The molecule has 0 bridgehead atoms. The quantitative estimate of drug-likeness (QED) is 0.241. The third-order valence-electron chi connectivity index (χ3n) is 8.25. The number of rotatable bonds is 9. The van der Waals surface area contributed by atoms with Gasteiger partial charge >= 0.3 is 0 Å². The molecule has 0 radical (unpaired) electrons. The number of nitrogens with zero attached hydrogens (tertiary/aromatic N) is 2. The van der Waals surface area contributed by atoms with Crippen molar-refractivity contribution in [1.29, 1.82) is 0 Å². The van der Waals surface area contributed by atoms with Gasteiger partial charge in [-0.2, -0.15) is 0 Å². The van der Waals surface area contributed by atoms with Crippen LogP contribution in [0.5, 0.6) is 0 Å². The Bertz CT molecular complexity index is 1280. The minimum Gasteiger partial charge on any atom is -0.342 e. The van der Waals surface area contributed by atoms with E-state index in [1.165, 1.54) is 28.7 Å². The van der Waals surface area contributed by atoms with E-state index in [1.807, 2.05) is 0 Å². The number of para-hydroxylation sites is 1. The van der Waals surface area contributed by atoms with Crippen LogP contribution in [0.4, 0.5) is 0 Å². The van der Waals surface area contributed by atoms with Crippen LogP contribution in [-0.2, 0) is 19.5 Å². The lowest BCUT2D eigenvalue weighted by Gasteiger charge is -2.39. The molecule has 1 aliphatic carbocycles. The Morgan fingerprint density at radius 3 is 2.11 bits per heavy atom. The molecule has 3 atom stereocenters. The van der Waals surface area contributed by atoms with Crippen LogP contribution < -0.4 is 0 Å². The fourth-order valence-corrected chi connectivity index (χ4v) is 6.21. The first-order valence-electron chi connectivity index (χ1n) is 13.9. The fourth-order valence-electron chi connectivity index (χ4n) is 6.21. The lowest BCUT2D eigenvalue weighted by atomic mass is 9.69. The van der Waals surface area contributed by atoms with E-state index in [2.05, 4.69) is 123 Å². The molecule has 0 spiro atoms. The van der Waals surface area contributed by atoms with Crippen molar-refractivity contribution < 1.29 is 0 Å². The van der Waals surface area contributed by atoms with E-state index < -0.39 is 0 Å². The van der Waals surface area contributed by atoms with Gasteiger partial charge in [0.15, 0.2) is 0 Å². The summed E-state index contributed by atoms with van der Waals surface area (Å²) in [5.74, 6) is 3.53. The molecule has 3 aromatic carbocycles. The minimum atomic E-state index is 0.543. The number of aryl methyl sites for hydroxylation is 1. The molecule has 1 aliphatic rings. The second-order valence-electron chi connectivity index (χ2n) is 11.4. The lowest BCUT2D eigenvalue weighted by molar-refractivity contribution is 0.151. The maximum atomic E-state index is 4.98. The Morgan fingerprint density at radius 1 is 0.865 bits per heavy atom. The smallest absolute Gasteiger partial charge is 0.107 e. The molecule has 0 unspecified atom stereocenters. The van der Waals surface area contributed by atoms with E-state index in [4.69, 9.17) is 4.98 Å². The Labute approximate surface area is 222 Å². The molecule has 4 aromatic rings. The molecule has 1 N–H and O–H groups in total. The Morgan fingerprint density at radius 2 is 1.51 bits per heavy atom. The molecule has 1 heterocycles. The number of H-pyrrole nitrogens is 1. The van der Waals surface area contributed by atoms with Gasteiger partial charge in [0.2, 0.25) is 0 Å². The molecular formula is C34H41N3. The van der Waals surface area contributed by atoms with Crippen molar-refractivity contribution in [1.82, 2.24) is 14.9 Å². The second kappa shape index (κ2) is 11.5. The van der Waals surface area contributed by atoms with Gasteiger partial charge in [0.05, 0.1) is 11.0 Å². The number of hydrogen-bond donors (Lipinski definition) is 1. The number of aromatic nitrogens is 2. The average Bonchev–Trinajstić information content (AvgIpc) is 3.31. The van der Waals surface area contributed by atoms with Crippen molar-refractivity contribution >= 4 is 11.0 Å². The molecular weight excluding hydrogens is 450 g/mol. The minimum absolute atomic E-state index is 0.543. The number of imidazole rings is 1. The highest BCUT2D eigenvalue weighted by Gasteiger charge is 2.33. The normalized spacial score (nSPS) is 20.1. The Balaban J connectivity index is 1.36. The third kappa shape index (κ3) is 6.22. The fraction of sp³-hybridized carbons (Fsp3) is 0.382. The lowest BCUT2D eigenvalue weighted by Crippen LogP contribution is -2.37. The molecule has 37 heavy (non-hydrogen) atoms. The van der Waals surface area contributed by atoms with Crippen LogP contribution >= 0.6 is 0 Å². The maximum Gasteiger partial charge on any atom is 0.107 e. The first-order chi connectivity index (χ1) is 18.0. The van der Waals surface area contributed by atoms with E-state index in [9.17, 15) is 0 Å². The van der Waals surface area contributed by atoms with Gasteiger partial charge in [0.1, 0.15) is 5.82 Å². The van der Waals surface area contributed by atoms with E-state index in [0.717, 1.165) is 42.9 Å². The molecule has 5 rings (SSSR count). The third-order valence-corrected chi connectivity index (χ3v) is 8.25. The van der Waals surface area contributed by atoms with Gasteiger partial charge in [-0.3, -0.25) is 4.90 Å². The van der Waals surface area contributed by atoms with Gasteiger partial charge in [-0.1, -0.05) is 98.3 Å².